The molecule has 0 N–H and O–H groups in total. The minimum atomic E-state index is -2.18. The van der Waals surface area contributed by atoms with Crippen LogP contribution in [0.2, 0.25) is 12.6 Å². The van der Waals surface area contributed by atoms with Crippen LogP contribution in [0.25, 0.3) is 0 Å². The Balaban J connectivity index is 2.59. The van der Waals surface area contributed by atoms with E-state index >= 15 is 0 Å². The molecule has 0 amide bonds. The van der Waals surface area contributed by atoms with Crippen LogP contribution in [-0.4, -0.2) is 22.8 Å². The molecule has 0 saturated carbocycles. The number of hydrogen-bond acceptors (Lipinski definition) is 2. The van der Waals surface area contributed by atoms with E-state index in [-0.39, 0.29) is 12.0 Å². The number of benzene rings is 1. The van der Waals surface area contributed by atoms with Gasteiger partial charge in [0, 0.05) is 14.2 Å². The van der Waals surface area contributed by atoms with Crippen molar-refractivity contribution in [2.45, 2.75) is 31.9 Å². The van der Waals surface area contributed by atoms with Gasteiger partial charge in [-0.05, 0) is 37.1 Å². The number of rotatable bonds is 7. The minimum absolute atomic E-state index is 0.137. The first-order chi connectivity index (χ1) is 9.34. The Labute approximate surface area is 117 Å². The standard InChI is InChI=1S/C13H18F4O2Si/c1-18-20(3,19-2)7-5-4-6-9-8-10(14)12(16)13(17)11(9)15/h8H,4-7H2,1-3H3. The quantitative estimate of drug-likeness (QED) is 0.250. The van der Waals surface area contributed by atoms with E-state index in [4.69, 9.17) is 8.85 Å². The van der Waals surface area contributed by atoms with Crippen LogP contribution in [0.5, 0.6) is 0 Å². The third-order valence-electron chi connectivity index (χ3n) is 3.37. The fourth-order valence-electron chi connectivity index (χ4n) is 1.85. The van der Waals surface area contributed by atoms with Crippen LogP contribution in [0.4, 0.5) is 17.6 Å². The Bertz CT molecular complexity index is 464. The van der Waals surface area contributed by atoms with Gasteiger partial charge >= 0.3 is 8.56 Å². The Morgan fingerprint density at radius 3 is 2.10 bits per heavy atom. The fourth-order valence-corrected chi connectivity index (χ4v) is 3.32. The van der Waals surface area contributed by atoms with Gasteiger partial charge in [-0.25, -0.2) is 17.6 Å². The van der Waals surface area contributed by atoms with Gasteiger partial charge < -0.3 is 8.85 Å². The molecule has 20 heavy (non-hydrogen) atoms. The van der Waals surface area contributed by atoms with Crippen molar-refractivity contribution in [2.75, 3.05) is 14.2 Å². The monoisotopic (exact) mass is 310 g/mol. The molecule has 0 aromatic heterocycles. The summed E-state index contributed by atoms with van der Waals surface area (Å²) in [6.45, 7) is 1.89. The molecular weight excluding hydrogens is 292 g/mol. The molecule has 114 valence electrons. The molecule has 1 rings (SSSR count). The molecule has 0 bridgehead atoms. The molecule has 0 unspecified atom stereocenters. The molecule has 0 aliphatic heterocycles. The van der Waals surface area contributed by atoms with Gasteiger partial charge in [0.15, 0.2) is 23.3 Å². The Kier molecular flexibility index (Phi) is 6.16. The SMILES string of the molecule is CO[Si](C)(CCCCc1cc(F)c(F)c(F)c1F)OC. The predicted octanol–water partition coefficient (Wildman–Crippen LogP) is 3.93. The van der Waals surface area contributed by atoms with E-state index in [0.29, 0.717) is 25.0 Å². The van der Waals surface area contributed by atoms with Gasteiger partial charge in [0.25, 0.3) is 0 Å². The largest absolute Gasteiger partial charge is 0.398 e. The third kappa shape index (κ3) is 4.03. The van der Waals surface area contributed by atoms with Crippen LogP contribution in [0, 0.1) is 23.3 Å². The smallest absolute Gasteiger partial charge is 0.334 e. The minimum Gasteiger partial charge on any atom is -0.398 e. The van der Waals surface area contributed by atoms with Crippen molar-refractivity contribution in [3.8, 4) is 0 Å². The van der Waals surface area contributed by atoms with Gasteiger partial charge in [-0.15, -0.1) is 0 Å². The van der Waals surface area contributed by atoms with Crippen LogP contribution in [0.3, 0.4) is 0 Å². The average molecular weight is 310 g/mol. The number of halogens is 4. The van der Waals surface area contributed by atoms with Gasteiger partial charge in [-0.3, -0.25) is 0 Å². The van der Waals surface area contributed by atoms with Crippen molar-refractivity contribution in [3.63, 3.8) is 0 Å². The van der Waals surface area contributed by atoms with Crippen LogP contribution >= 0.6 is 0 Å². The second-order valence-corrected chi connectivity index (χ2v) is 8.29. The second kappa shape index (κ2) is 7.19. The molecule has 0 aliphatic carbocycles. The lowest BCUT2D eigenvalue weighted by Crippen LogP contribution is -2.35. The lowest BCUT2D eigenvalue weighted by Gasteiger charge is -2.22. The summed E-state index contributed by atoms with van der Waals surface area (Å²) in [5.74, 6) is -6.22. The molecule has 0 aliphatic rings. The van der Waals surface area contributed by atoms with Crippen molar-refractivity contribution >= 4 is 8.56 Å². The summed E-state index contributed by atoms with van der Waals surface area (Å²) >= 11 is 0. The van der Waals surface area contributed by atoms with Crippen LogP contribution in [-0.2, 0) is 15.3 Å². The van der Waals surface area contributed by atoms with E-state index in [0.717, 1.165) is 0 Å². The average Bonchev–Trinajstić information content (AvgIpc) is 2.46. The summed E-state index contributed by atoms with van der Waals surface area (Å²) in [5, 5.41) is 0. The molecule has 1 aromatic rings. The summed E-state index contributed by atoms with van der Waals surface area (Å²) in [6, 6.07) is 1.39. The summed E-state index contributed by atoms with van der Waals surface area (Å²) in [5.41, 5.74) is -0.153. The van der Waals surface area contributed by atoms with Crippen LogP contribution in [0.15, 0.2) is 6.07 Å². The van der Waals surface area contributed by atoms with Crippen molar-refractivity contribution in [2.24, 2.45) is 0 Å². The number of unbranched alkanes of at least 4 members (excludes halogenated alkanes) is 1. The zero-order valence-corrected chi connectivity index (χ0v) is 12.7. The van der Waals surface area contributed by atoms with Crippen LogP contribution < -0.4 is 0 Å². The van der Waals surface area contributed by atoms with Gasteiger partial charge in [-0.2, -0.15) is 0 Å². The summed E-state index contributed by atoms with van der Waals surface area (Å²) in [4.78, 5) is 0. The summed E-state index contributed by atoms with van der Waals surface area (Å²) in [6.07, 6.45) is 1.32. The van der Waals surface area contributed by atoms with E-state index in [1.165, 1.54) is 0 Å². The van der Waals surface area contributed by atoms with Gasteiger partial charge in [0.1, 0.15) is 0 Å². The van der Waals surface area contributed by atoms with E-state index in [1.54, 1.807) is 14.2 Å². The Hall–Kier alpha value is -0.923. The van der Waals surface area contributed by atoms with Gasteiger partial charge in [0.05, 0.1) is 0 Å². The van der Waals surface area contributed by atoms with Crippen molar-refractivity contribution in [1.82, 2.24) is 0 Å². The zero-order valence-electron chi connectivity index (χ0n) is 11.7. The van der Waals surface area contributed by atoms with E-state index < -0.39 is 31.8 Å². The highest BCUT2D eigenvalue weighted by atomic mass is 28.4. The Morgan fingerprint density at radius 1 is 0.950 bits per heavy atom. The maximum absolute atomic E-state index is 13.4. The van der Waals surface area contributed by atoms with E-state index in [1.807, 2.05) is 6.55 Å². The normalized spacial score (nSPS) is 11.9. The highest BCUT2D eigenvalue weighted by molar-refractivity contribution is 6.65. The molecule has 7 heteroatoms. The third-order valence-corrected chi connectivity index (χ3v) is 6.36. The van der Waals surface area contributed by atoms with E-state index in [9.17, 15) is 17.6 Å². The molecule has 1 aromatic carbocycles. The highest BCUT2D eigenvalue weighted by Gasteiger charge is 2.27. The first-order valence-corrected chi connectivity index (χ1v) is 8.79. The molecule has 0 fully saturated rings. The Morgan fingerprint density at radius 2 is 1.55 bits per heavy atom. The highest BCUT2D eigenvalue weighted by Crippen LogP contribution is 2.22. The van der Waals surface area contributed by atoms with Crippen LogP contribution in [0.1, 0.15) is 18.4 Å². The number of hydrogen-bond donors (Lipinski definition) is 0. The molecule has 0 heterocycles. The lowest BCUT2D eigenvalue weighted by molar-refractivity contribution is 0.248. The van der Waals surface area contributed by atoms with Crippen molar-refractivity contribution < 1.29 is 26.4 Å². The second-order valence-electron chi connectivity index (χ2n) is 4.71. The lowest BCUT2D eigenvalue weighted by atomic mass is 10.1. The summed E-state index contributed by atoms with van der Waals surface area (Å²) < 4.78 is 62.8. The number of aryl methyl sites for hydroxylation is 1. The maximum atomic E-state index is 13.4. The molecule has 2 nitrogen and oxygen atoms in total. The topological polar surface area (TPSA) is 18.5 Å². The summed E-state index contributed by atoms with van der Waals surface area (Å²) in [7, 11) is 0.957. The molecule has 0 atom stereocenters. The first-order valence-electron chi connectivity index (χ1n) is 6.27. The molecule has 0 radical (unpaired) electrons. The fraction of sp³-hybridized carbons (Fsp3) is 0.538. The zero-order chi connectivity index (χ0) is 15.3. The van der Waals surface area contributed by atoms with Crippen molar-refractivity contribution in [1.29, 1.82) is 0 Å². The predicted molar refractivity (Wildman–Crippen MR) is 69.7 cm³/mol. The first kappa shape index (κ1) is 17.1. The van der Waals surface area contributed by atoms with Gasteiger partial charge in [-0.1, -0.05) is 6.42 Å². The van der Waals surface area contributed by atoms with Crippen molar-refractivity contribution in [3.05, 3.63) is 34.9 Å². The van der Waals surface area contributed by atoms with Gasteiger partial charge in [0.2, 0.25) is 0 Å². The molecular formula is C13H18F4O2Si. The van der Waals surface area contributed by atoms with E-state index in [2.05, 4.69) is 0 Å². The molecule has 0 spiro atoms. The maximum Gasteiger partial charge on any atom is 0.334 e. The molecule has 0 saturated heterocycles.